The predicted molar refractivity (Wildman–Crippen MR) is 82.3 cm³/mol. The molecule has 5 heteroatoms. The van der Waals surface area contributed by atoms with Crippen LogP contribution in [0.5, 0.6) is 0 Å². The highest BCUT2D eigenvalue weighted by Crippen LogP contribution is 2.43. The molecular weight excluding hydrogens is 278 g/mol. The third kappa shape index (κ3) is 4.76. The van der Waals surface area contributed by atoms with E-state index in [9.17, 15) is 0 Å². The van der Waals surface area contributed by atoms with Crippen molar-refractivity contribution in [2.24, 2.45) is 0 Å². The normalized spacial score (nSPS) is 22.4. The molecule has 2 heterocycles. The van der Waals surface area contributed by atoms with Gasteiger partial charge in [-0.2, -0.15) is 0 Å². The SMILES string of the molecule is COCCOCCCNC1C[C@H](C)Sc2sccc21. The van der Waals surface area contributed by atoms with Gasteiger partial charge in [0.05, 0.1) is 17.4 Å². The van der Waals surface area contributed by atoms with Gasteiger partial charge >= 0.3 is 0 Å². The lowest BCUT2D eigenvalue weighted by Crippen LogP contribution is -2.27. The number of fused-ring (bicyclic) bond motifs is 1. The molecule has 0 radical (unpaired) electrons. The molecule has 2 atom stereocenters. The summed E-state index contributed by atoms with van der Waals surface area (Å²) in [6, 6.07) is 2.79. The molecule has 0 bridgehead atoms. The number of methoxy groups -OCH3 is 1. The van der Waals surface area contributed by atoms with Crippen LogP contribution in [0.2, 0.25) is 0 Å². The largest absolute Gasteiger partial charge is 0.382 e. The standard InChI is InChI=1S/C14H23NO2S2/c1-11-10-13(12-4-9-18-14(12)19-11)15-5-3-6-17-8-7-16-2/h4,9,11,13,15H,3,5-8,10H2,1-2H3/t11-,13?/m0/s1. The summed E-state index contributed by atoms with van der Waals surface area (Å²) in [4.78, 5) is 0. The molecule has 2 rings (SSSR count). The fourth-order valence-electron chi connectivity index (χ4n) is 2.24. The van der Waals surface area contributed by atoms with E-state index in [0.717, 1.165) is 19.6 Å². The summed E-state index contributed by atoms with van der Waals surface area (Å²) in [6.07, 6.45) is 2.28. The molecule has 1 unspecified atom stereocenters. The Morgan fingerprint density at radius 1 is 1.37 bits per heavy atom. The Hall–Kier alpha value is -0.0700. The molecule has 3 nitrogen and oxygen atoms in total. The first-order chi connectivity index (χ1) is 9.31. The first-order valence-corrected chi connectivity index (χ1v) is 8.61. The third-order valence-electron chi connectivity index (χ3n) is 3.20. The zero-order valence-corrected chi connectivity index (χ0v) is 13.3. The molecule has 0 saturated carbocycles. The van der Waals surface area contributed by atoms with Gasteiger partial charge in [0, 0.05) is 25.0 Å². The lowest BCUT2D eigenvalue weighted by atomic mass is 10.0. The first-order valence-electron chi connectivity index (χ1n) is 6.85. The Kier molecular flexibility index (Phi) is 6.67. The van der Waals surface area contributed by atoms with Crippen molar-refractivity contribution in [1.82, 2.24) is 5.32 Å². The minimum Gasteiger partial charge on any atom is -0.382 e. The number of ether oxygens (including phenoxy) is 2. The maximum Gasteiger partial charge on any atom is 0.0700 e. The van der Waals surface area contributed by atoms with E-state index in [-0.39, 0.29) is 0 Å². The fraction of sp³-hybridized carbons (Fsp3) is 0.714. The van der Waals surface area contributed by atoms with E-state index in [1.165, 1.54) is 16.2 Å². The van der Waals surface area contributed by atoms with E-state index >= 15 is 0 Å². The Bertz CT molecular complexity index is 370. The average Bonchev–Trinajstić information content (AvgIpc) is 2.85. The summed E-state index contributed by atoms with van der Waals surface area (Å²) in [5, 5.41) is 6.58. The number of hydrogen-bond acceptors (Lipinski definition) is 5. The second-order valence-corrected chi connectivity index (χ2v) is 7.42. The van der Waals surface area contributed by atoms with Crippen molar-refractivity contribution in [2.75, 3.05) is 33.5 Å². The van der Waals surface area contributed by atoms with Crippen LogP contribution in [0.15, 0.2) is 15.7 Å². The van der Waals surface area contributed by atoms with Gasteiger partial charge in [0.2, 0.25) is 0 Å². The highest BCUT2D eigenvalue weighted by molar-refractivity contribution is 8.01. The van der Waals surface area contributed by atoms with E-state index in [1.54, 1.807) is 7.11 Å². The minimum absolute atomic E-state index is 0.525. The Morgan fingerprint density at radius 3 is 3.11 bits per heavy atom. The lowest BCUT2D eigenvalue weighted by molar-refractivity contribution is 0.0692. The van der Waals surface area contributed by atoms with Gasteiger partial charge in [0.15, 0.2) is 0 Å². The topological polar surface area (TPSA) is 30.5 Å². The van der Waals surface area contributed by atoms with Crippen LogP contribution in [0.3, 0.4) is 0 Å². The fourth-order valence-corrected chi connectivity index (χ4v) is 4.80. The van der Waals surface area contributed by atoms with E-state index < -0.39 is 0 Å². The Morgan fingerprint density at radius 2 is 2.26 bits per heavy atom. The van der Waals surface area contributed by atoms with Crippen LogP contribution >= 0.6 is 23.1 Å². The quantitative estimate of drug-likeness (QED) is 0.746. The Labute approximate surface area is 124 Å². The molecule has 1 aliphatic heterocycles. The molecule has 0 amide bonds. The summed E-state index contributed by atoms with van der Waals surface area (Å²) in [5.41, 5.74) is 1.49. The molecule has 1 aromatic heterocycles. The predicted octanol–water partition coefficient (Wildman–Crippen LogP) is 3.32. The molecule has 0 fully saturated rings. The van der Waals surface area contributed by atoms with Crippen LogP contribution < -0.4 is 5.32 Å². The lowest BCUT2D eigenvalue weighted by Gasteiger charge is -2.27. The van der Waals surface area contributed by atoms with Crippen LogP contribution in [0.25, 0.3) is 0 Å². The molecule has 1 aliphatic rings. The molecule has 0 saturated heterocycles. The van der Waals surface area contributed by atoms with Crippen LogP contribution in [-0.2, 0) is 9.47 Å². The van der Waals surface area contributed by atoms with Gasteiger partial charge in [-0.3, -0.25) is 0 Å². The van der Waals surface area contributed by atoms with Crippen LogP contribution in [0.1, 0.15) is 31.4 Å². The molecule has 1 N–H and O–H groups in total. The smallest absolute Gasteiger partial charge is 0.0700 e. The number of thiophene rings is 1. The number of nitrogens with one attached hydrogen (secondary N) is 1. The van der Waals surface area contributed by atoms with E-state index in [4.69, 9.17) is 9.47 Å². The molecular formula is C14H23NO2S2. The zero-order valence-electron chi connectivity index (χ0n) is 11.7. The molecule has 0 spiro atoms. The van der Waals surface area contributed by atoms with Crippen LogP contribution in [0, 0.1) is 0 Å². The summed E-state index contributed by atoms with van der Waals surface area (Å²) in [5.74, 6) is 0. The highest BCUT2D eigenvalue weighted by atomic mass is 32.2. The Balaban J connectivity index is 1.66. The van der Waals surface area contributed by atoms with Crippen molar-refractivity contribution >= 4 is 23.1 Å². The summed E-state index contributed by atoms with van der Waals surface area (Å²) in [6.45, 7) is 5.52. The van der Waals surface area contributed by atoms with E-state index in [2.05, 4.69) is 23.7 Å². The van der Waals surface area contributed by atoms with Gasteiger partial charge in [0.25, 0.3) is 0 Å². The second-order valence-electron chi connectivity index (χ2n) is 4.79. The van der Waals surface area contributed by atoms with Gasteiger partial charge in [-0.25, -0.2) is 0 Å². The van der Waals surface area contributed by atoms with Crippen LogP contribution in [0.4, 0.5) is 0 Å². The first kappa shape index (κ1) is 15.3. The van der Waals surface area contributed by atoms with Gasteiger partial charge in [-0.15, -0.1) is 23.1 Å². The maximum absolute atomic E-state index is 5.47. The van der Waals surface area contributed by atoms with Crippen molar-refractivity contribution in [2.45, 2.75) is 35.3 Å². The molecule has 0 aliphatic carbocycles. The van der Waals surface area contributed by atoms with E-state index in [1.807, 2.05) is 23.1 Å². The van der Waals surface area contributed by atoms with Crippen molar-refractivity contribution in [1.29, 1.82) is 0 Å². The van der Waals surface area contributed by atoms with Crippen molar-refractivity contribution in [3.8, 4) is 0 Å². The average molecular weight is 301 g/mol. The van der Waals surface area contributed by atoms with Gasteiger partial charge in [-0.1, -0.05) is 6.92 Å². The molecule has 108 valence electrons. The number of hydrogen-bond donors (Lipinski definition) is 1. The molecule has 19 heavy (non-hydrogen) atoms. The van der Waals surface area contributed by atoms with Crippen molar-refractivity contribution in [3.05, 3.63) is 17.0 Å². The van der Waals surface area contributed by atoms with Crippen LogP contribution in [-0.4, -0.2) is 38.7 Å². The van der Waals surface area contributed by atoms with Gasteiger partial charge in [-0.05, 0) is 36.4 Å². The highest BCUT2D eigenvalue weighted by Gasteiger charge is 2.25. The summed E-state index contributed by atoms with van der Waals surface area (Å²) < 4.78 is 11.9. The monoisotopic (exact) mass is 301 g/mol. The minimum atomic E-state index is 0.525. The molecule has 1 aromatic rings. The zero-order chi connectivity index (χ0) is 13.5. The summed E-state index contributed by atoms with van der Waals surface area (Å²) in [7, 11) is 1.70. The number of rotatable bonds is 8. The van der Waals surface area contributed by atoms with Crippen molar-refractivity contribution in [3.63, 3.8) is 0 Å². The number of thioether (sulfide) groups is 1. The van der Waals surface area contributed by atoms with Gasteiger partial charge in [0.1, 0.15) is 0 Å². The van der Waals surface area contributed by atoms with E-state index in [0.29, 0.717) is 24.5 Å². The molecule has 0 aromatic carbocycles. The van der Waals surface area contributed by atoms with Crippen molar-refractivity contribution < 1.29 is 9.47 Å². The third-order valence-corrected chi connectivity index (χ3v) is 5.54. The summed E-state index contributed by atoms with van der Waals surface area (Å²) >= 11 is 3.89. The second kappa shape index (κ2) is 8.27. The maximum atomic E-state index is 5.47. The van der Waals surface area contributed by atoms with Gasteiger partial charge < -0.3 is 14.8 Å².